The van der Waals surface area contributed by atoms with Crippen molar-refractivity contribution in [3.05, 3.63) is 41.0 Å². The highest BCUT2D eigenvalue weighted by Crippen LogP contribution is 2.58. The van der Waals surface area contributed by atoms with Crippen molar-refractivity contribution < 1.29 is 4.79 Å². The van der Waals surface area contributed by atoms with E-state index < -0.39 is 0 Å². The molecule has 1 aliphatic heterocycles. The van der Waals surface area contributed by atoms with Crippen LogP contribution in [0.3, 0.4) is 0 Å². The summed E-state index contributed by atoms with van der Waals surface area (Å²) in [4.78, 5) is 19.8. The van der Waals surface area contributed by atoms with Gasteiger partial charge in [0.2, 0.25) is 0 Å². The number of imidazole rings is 1. The Hall–Kier alpha value is -2.60. The molecule has 6 nitrogen and oxygen atoms in total. The normalized spacial score (nSPS) is 25.0. The lowest BCUT2D eigenvalue weighted by molar-refractivity contribution is 0.100. The molecule has 1 saturated carbocycles. The second kappa shape index (κ2) is 6.20. The summed E-state index contributed by atoms with van der Waals surface area (Å²) in [6.45, 7) is 2.85. The number of hydrogen-bond donors (Lipinski definition) is 2. The van der Waals surface area contributed by atoms with Gasteiger partial charge in [0.15, 0.2) is 5.65 Å². The zero-order chi connectivity index (χ0) is 19.0. The van der Waals surface area contributed by atoms with Crippen molar-refractivity contribution in [2.75, 3.05) is 24.5 Å². The Morgan fingerprint density at radius 1 is 1.24 bits per heavy atom. The molecule has 2 fully saturated rings. The Kier molecular flexibility index (Phi) is 3.94. The van der Waals surface area contributed by atoms with Crippen LogP contribution in [0, 0.1) is 11.3 Å². The highest BCUT2D eigenvalue weighted by atomic mass is 16.1. The molecule has 2 aromatic heterocycles. The van der Waals surface area contributed by atoms with Crippen molar-refractivity contribution >= 4 is 28.4 Å². The van der Waals surface area contributed by atoms with Crippen LogP contribution in [0.4, 0.5) is 5.82 Å². The quantitative estimate of drug-likeness (QED) is 0.718. The van der Waals surface area contributed by atoms with E-state index in [1.165, 1.54) is 17.8 Å². The third-order valence-corrected chi connectivity index (χ3v) is 7.42. The van der Waals surface area contributed by atoms with Crippen LogP contribution in [-0.2, 0) is 12.8 Å². The largest absolute Gasteiger partial charge is 0.365 e. The van der Waals surface area contributed by atoms with E-state index in [4.69, 9.17) is 16.5 Å². The minimum Gasteiger partial charge on any atom is -0.365 e. The molecule has 29 heavy (non-hydrogen) atoms. The number of anilines is 1. The fraction of sp³-hybridized carbons (Fsp3) is 0.478. The molecule has 3 aromatic rings. The Balaban J connectivity index is 0.00000181. The number of rotatable bonds is 3. The molecule has 0 bridgehead atoms. The van der Waals surface area contributed by atoms with E-state index in [0.717, 1.165) is 67.6 Å². The minimum atomic E-state index is -0.368. The monoisotopic (exact) mass is 391 g/mol. The van der Waals surface area contributed by atoms with Gasteiger partial charge in [-0.2, -0.15) is 0 Å². The molecule has 2 aliphatic carbocycles. The molecule has 1 amide bonds. The van der Waals surface area contributed by atoms with Gasteiger partial charge in [-0.25, -0.2) is 4.98 Å². The van der Waals surface area contributed by atoms with E-state index in [1.54, 1.807) is 0 Å². The molecule has 2 atom stereocenters. The average Bonchev–Trinajstić information content (AvgIpc) is 3.02. The molecule has 0 spiro atoms. The Bertz CT molecular complexity index is 1150. The van der Waals surface area contributed by atoms with Crippen LogP contribution < -0.4 is 16.4 Å². The van der Waals surface area contributed by atoms with Crippen molar-refractivity contribution in [2.24, 2.45) is 22.8 Å². The highest BCUT2D eigenvalue weighted by molar-refractivity contribution is 6.03. The molecule has 6 rings (SSSR count). The Labute approximate surface area is 170 Å². The van der Waals surface area contributed by atoms with Gasteiger partial charge in [0, 0.05) is 13.1 Å². The van der Waals surface area contributed by atoms with Gasteiger partial charge in [-0.3, -0.25) is 9.20 Å². The predicted octanol–water partition coefficient (Wildman–Crippen LogP) is 2.89. The first kappa shape index (κ1) is 18.4. The van der Waals surface area contributed by atoms with E-state index in [0.29, 0.717) is 16.9 Å². The molecular weight excluding hydrogens is 362 g/mol. The van der Waals surface area contributed by atoms with Crippen LogP contribution in [0.1, 0.15) is 48.2 Å². The lowest BCUT2D eigenvalue weighted by Gasteiger charge is -2.35. The van der Waals surface area contributed by atoms with Gasteiger partial charge in [-0.05, 0) is 73.2 Å². The number of benzene rings is 1. The second-order valence-corrected chi connectivity index (χ2v) is 8.80. The molecule has 1 saturated heterocycles. The van der Waals surface area contributed by atoms with Gasteiger partial charge in [0.1, 0.15) is 5.82 Å². The number of aromatic nitrogens is 2. The van der Waals surface area contributed by atoms with Crippen LogP contribution in [0.2, 0.25) is 0 Å². The summed E-state index contributed by atoms with van der Waals surface area (Å²) < 4.78 is 2.21. The minimum absolute atomic E-state index is 0. The molecule has 0 radical (unpaired) electrons. The second-order valence-electron chi connectivity index (χ2n) is 8.80. The van der Waals surface area contributed by atoms with Gasteiger partial charge in [-0.15, -0.1) is 0 Å². The van der Waals surface area contributed by atoms with E-state index in [1.807, 2.05) is 18.2 Å². The van der Waals surface area contributed by atoms with Gasteiger partial charge in [-0.1, -0.05) is 19.6 Å². The number of piperidine rings is 1. The summed E-state index contributed by atoms with van der Waals surface area (Å²) in [5, 5.41) is 0. The molecule has 6 heteroatoms. The first-order valence-electron chi connectivity index (χ1n) is 10.3. The van der Waals surface area contributed by atoms with Crippen LogP contribution in [0.25, 0.3) is 16.7 Å². The fourth-order valence-electron chi connectivity index (χ4n) is 5.79. The average molecular weight is 392 g/mol. The number of fused-ring (bicyclic) bond motifs is 5. The van der Waals surface area contributed by atoms with Crippen LogP contribution >= 0.6 is 0 Å². The number of nitrogens with two attached hydrogens (primary N) is 2. The predicted molar refractivity (Wildman–Crippen MR) is 116 cm³/mol. The first-order chi connectivity index (χ1) is 13.6. The van der Waals surface area contributed by atoms with Gasteiger partial charge in [0.05, 0.1) is 16.6 Å². The molecule has 152 valence electrons. The lowest BCUT2D eigenvalue weighted by Crippen LogP contribution is -2.39. The summed E-state index contributed by atoms with van der Waals surface area (Å²) in [6, 6.07) is 8.13. The Morgan fingerprint density at radius 2 is 2.03 bits per heavy atom. The van der Waals surface area contributed by atoms with E-state index >= 15 is 0 Å². The van der Waals surface area contributed by atoms with E-state index in [9.17, 15) is 4.79 Å². The molecule has 1 aromatic carbocycles. The molecule has 3 aliphatic rings. The SMILES string of the molecule is C.NCC12CCN(c3c4c(c(C(N)=O)c5nc6ccccc6n35)CCC4)CC1C2. The topological polar surface area (TPSA) is 89.6 Å². The van der Waals surface area contributed by atoms with Gasteiger partial charge < -0.3 is 16.4 Å². The maximum Gasteiger partial charge on any atom is 0.252 e. The van der Waals surface area contributed by atoms with Crippen LogP contribution in [-0.4, -0.2) is 34.9 Å². The number of nitrogens with zero attached hydrogens (tertiary/aromatic N) is 3. The Morgan fingerprint density at radius 3 is 2.79 bits per heavy atom. The third kappa shape index (κ3) is 2.38. The zero-order valence-electron chi connectivity index (χ0n) is 15.9. The highest BCUT2D eigenvalue weighted by Gasteiger charge is 2.55. The van der Waals surface area contributed by atoms with Gasteiger partial charge in [0.25, 0.3) is 5.91 Å². The summed E-state index contributed by atoms with van der Waals surface area (Å²) in [5.74, 6) is 1.55. The zero-order valence-corrected chi connectivity index (χ0v) is 15.9. The fourth-order valence-corrected chi connectivity index (χ4v) is 5.79. The summed E-state index contributed by atoms with van der Waals surface area (Å²) in [5.41, 5.74) is 18.0. The van der Waals surface area contributed by atoms with Crippen molar-refractivity contribution in [2.45, 2.75) is 39.5 Å². The molecule has 2 unspecified atom stereocenters. The number of hydrogen-bond acceptors (Lipinski definition) is 4. The number of carbonyl (C=O) groups excluding carboxylic acids is 1. The maximum atomic E-state index is 12.4. The molecule has 4 N–H and O–H groups in total. The smallest absolute Gasteiger partial charge is 0.252 e. The summed E-state index contributed by atoms with van der Waals surface area (Å²) in [7, 11) is 0. The summed E-state index contributed by atoms with van der Waals surface area (Å²) >= 11 is 0. The summed E-state index contributed by atoms with van der Waals surface area (Å²) in [6.07, 6.45) is 5.36. The first-order valence-corrected chi connectivity index (χ1v) is 10.3. The number of para-hydroxylation sites is 2. The maximum absolute atomic E-state index is 12.4. The lowest BCUT2D eigenvalue weighted by atomic mass is 9.94. The number of carbonyl (C=O) groups is 1. The number of amides is 1. The van der Waals surface area contributed by atoms with E-state index in [2.05, 4.69) is 15.4 Å². The van der Waals surface area contributed by atoms with E-state index in [-0.39, 0.29) is 13.3 Å². The van der Waals surface area contributed by atoms with Crippen molar-refractivity contribution in [3.63, 3.8) is 0 Å². The van der Waals surface area contributed by atoms with Crippen molar-refractivity contribution in [3.8, 4) is 0 Å². The molecular formula is C23H29N5O. The number of primary amides is 1. The standard InChI is InChI=1S/C22H25N5O.CH4/c23-12-22-8-9-26(11-13(22)10-22)21-15-5-3-4-14(15)18(19(24)28)20-25-16-6-1-2-7-17(16)27(20)21;/h1-2,6-7,13H,3-5,8-12,23H2,(H2,24,28);1H4. The van der Waals surface area contributed by atoms with Crippen molar-refractivity contribution in [1.82, 2.24) is 9.38 Å². The molecule has 3 heterocycles. The number of pyridine rings is 1. The van der Waals surface area contributed by atoms with Crippen LogP contribution in [0.15, 0.2) is 24.3 Å². The van der Waals surface area contributed by atoms with Crippen LogP contribution in [0.5, 0.6) is 0 Å². The van der Waals surface area contributed by atoms with Crippen molar-refractivity contribution in [1.29, 1.82) is 0 Å². The van der Waals surface area contributed by atoms with Gasteiger partial charge >= 0.3 is 0 Å². The third-order valence-electron chi connectivity index (χ3n) is 7.42.